The van der Waals surface area contributed by atoms with E-state index in [9.17, 15) is 9.11 Å². The Hall–Kier alpha value is -2.31. The summed E-state index contributed by atoms with van der Waals surface area (Å²) >= 11 is 0. The second-order valence-electron chi connectivity index (χ2n) is 6.98. The van der Waals surface area contributed by atoms with Crippen molar-refractivity contribution in [3.8, 4) is 23.7 Å². The molecular weight excluding hydrogens is 376 g/mol. The highest BCUT2D eigenvalue weighted by Crippen LogP contribution is 2.42. The van der Waals surface area contributed by atoms with Gasteiger partial charge in [-0.25, -0.2) is 9.97 Å². The Morgan fingerprint density at radius 1 is 1.21 bits per heavy atom. The zero-order valence-electron chi connectivity index (χ0n) is 15.6. The van der Waals surface area contributed by atoms with E-state index in [1.165, 1.54) is 5.56 Å². The third-order valence-corrected chi connectivity index (χ3v) is 6.25. The zero-order valence-corrected chi connectivity index (χ0v) is 16.4. The minimum absolute atomic E-state index is 0.0244. The Bertz CT molecular complexity index is 907. The number of nitrogens with zero attached hydrogens (tertiary/aromatic N) is 3. The standard InChI is InChI=1S/C20H24N4O3S/c1-2-11-28(25,26)14-17-13-19(24-7-9-27-10-8-24)23-20(22-17)16-3-4-18-15(12-16)5-6-21-18/h1,3-4,12-13,21,25-26H,5-11,14H2. The van der Waals surface area contributed by atoms with Crippen molar-refractivity contribution >= 4 is 22.1 Å². The van der Waals surface area contributed by atoms with Crippen molar-refractivity contribution < 1.29 is 13.8 Å². The Labute approximate surface area is 166 Å². The van der Waals surface area contributed by atoms with Crippen LogP contribution in [0, 0.1) is 12.3 Å². The quantitative estimate of drug-likeness (QED) is 0.665. The number of benzene rings is 1. The number of morpholine rings is 1. The zero-order chi connectivity index (χ0) is 19.6. The Morgan fingerprint density at radius 3 is 2.82 bits per heavy atom. The van der Waals surface area contributed by atoms with Crippen LogP contribution in [0.1, 0.15) is 11.3 Å². The lowest BCUT2D eigenvalue weighted by atomic mass is 10.1. The Morgan fingerprint density at radius 2 is 2.04 bits per heavy atom. The van der Waals surface area contributed by atoms with Crippen LogP contribution in [0.2, 0.25) is 0 Å². The summed E-state index contributed by atoms with van der Waals surface area (Å²) in [5.41, 5.74) is 3.90. The average Bonchev–Trinajstić information content (AvgIpc) is 3.16. The number of nitrogens with one attached hydrogen (secondary N) is 1. The first kappa shape index (κ1) is 19.0. The van der Waals surface area contributed by atoms with Gasteiger partial charge in [-0.2, -0.15) is 10.6 Å². The monoisotopic (exact) mass is 400 g/mol. The van der Waals surface area contributed by atoms with Gasteiger partial charge in [-0.3, -0.25) is 9.11 Å². The van der Waals surface area contributed by atoms with Crippen LogP contribution in [0.4, 0.5) is 11.5 Å². The number of fused-ring (bicyclic) bond motifs is 1. The highest BCUT2D eigenvalue weighted by molar-refractivity contribution is 8.23. The predicted octanol–water partition coefficient (Wildman–Crippen LogP) is 2.83. The molecule has 1 aromatic carbocycles. The van der Waals surface area contributed by atoms with Gasteiger partial charge in [-0.05, 0) is 30.2 Å². The molecule has 28 heavy (non-hydrogen) atoms. The third-order valence-electron chi connectivity index (χ3n) is 4.87. The van der Waals surface area contributed by atoms with E-state index in [1.54, 1.807) is 0 Å². The summed E-state index contributed by atoms with van der Waals surface area (Å²) in [6.07, 6.45) is 6.25. The Kier molecular flexibility index (Phi) is 5.42. The van der Waals surface area contributed by atoms with Crippen molar-refractivity contribution in [3.05, 3.63) is 35.5 Å². The number of hydrogen-bond donors (Lipinski definition) is 3. The highest BCUT2D eigenvalue weighted by Gasteiger charge is 2.20. The number of rotatable bonds is 5. The van der Waals surface area contributed by atoms with E-state index < -0.39 is 10.6 Å². The number of terminal acetylenes is 1. The van der Waals surface area contributed by atoms with Gasteiger partial charge in [0.15, 0.2) is 5.82 Å². The SMILES string of the molecule is C#CCS(O)(O)Cc1cc(N2CCOCC2)nc(-c2ccc3c(c2)CCN3)n1. The van der Waals surface area contributed by atoms with Crippen LogP contribution in [0.5, 0.6) is 0 Å². The topological polar surface area (TPSA) is 90.7 Å². The van der Waals surface area contributed by atoms with Crippen molar-refractivity contribution in [3.63, 3.8) is 0 Å². The van der Waals surface area contributed by atoms with Crippen LogP contribution in [0.25, 0.3) is 11.4 Å². The molecule has 148 valence electrons. The molecule has 0 saturated carbocycles. The second kappa shape index (κ2) is 7.97. The van der Waals surface area contributed by atoms with E-state index in [0.29, 0.717) is 24.7 Å². The molecule has 0 radical (unpaired) electrons. The highest BCUT2D eigenvalue weighted by atomic mass is 32.3. The largest absolute Gasteiger partial charge is 0.384 e. The average molecular weight is 401 g/mol. The molecule has 0 unspecified atom stereocenters. The summed E-state index contributed by atoms with van der Waals surface area (Å²) in [5.74, 6) is 3.65. The first-order valence-electron chi connectivity index (χ1n) is 9.29. The molecule has 0 atom stereocenters. The third kappa shape index (κ3) is 4.23. The fourth-order valence-corrected chi connectivity index (χ4v) is 4.50. The van der Waals surface area contributed by atoms with Crippen LogP contribution in [-0.2, 0) is 16.9 Å². The van der Waals surface area contributed by atoms with Crippen LogP contribution < -0.4 is 10.2 Å². The van der Waals surface area contributed by atoms with E-state index in [4.69, 9.17) is 16.1 Å². The molecule has 3 heterocycles. The molecule has 2 aromatic rings. The number of ether oxygens (including phenoxy) is 1. The van der Waals surface area contributed by atoms with Gasteiger partial charge in [-0.15, -0.1) is 6.42 Å². The van der Waals surface area contributed by atoms with E-state index in [1.807, 2.05) is 18.2 Å². The molecule has 1 aromatic heterocycles. The normalized spacial score (nSPS) is 17.0. The molecule has 7 nitrogen and oxygen atoms in total. The molecule has 0 spiro atoms. The van der Waals surface area contributed by atoms with Crippen molar-refractivity contribution in [2.24, 2.45) is 0 Å². The van der Waals surface area contributed by atoms with Crippen LogP contribution in [-0.4, -0.2) is 57.7 Å². The van der Waals surface area contributed by atoms with Crippen molar-refractivity contribution in [1.82, 2.24) is 9.97 Å². The molecule has 0 bridgehead atoms. The minimum Gasteiger partial charge on any atom is -0.384 e. The lowest BCUT2D eigenvalue weighted by Crippen LogP contribution is -2.37. The molecule has 0 aliphatic carbocycles. The van der Waals surface area contributed by atoms with Crippen LogP contribution >= 0.6 is 10.6 Å². The van der Waals surface area contributed by atoms with Crippen molar-refractivity contribution in [2.45, 2.75) is 12.2 Å². The molecule has 1 fully saturated rings. The predicted molar refractivity (Wildman–Crippen MR) is 113 cm³/mol. The second-order valence-corrected chi connectivity index (χ2v) is 9.17. The summed E-state index contributed by atoms with van der Waals surface area (Å²) in [7, 11) is -2.92. The summed E-state index contributed by atoms with van der Waals surface area (Å²) in [4.78, 5) is 11.5. The van der Waals surface area contributed by atoms with Gasteiger partial charge in [-0.1, -0.05) is 5.92 Å². The maximum atomic E-state index is 10.3. The number of aromatic nitrogens is 2. The first-order valence-corrected chi connectivity index (χ1v) is 11.2. The molecule has 3 N–H and O–H groups in total. The van der Waals surface area contributed by atoms with E-state index in [0.717, 1.165) is 43.1 Å². The van der Waals surface area contributed by atoms with Gasteiger partial charge in [0.2, 0.25) is 0 Å². The van der Waals surface area contributed by atoms with Gasteiger partial charge in [0, 0.05) is 37.0 Å². The fraction of sp³-hybridized carbons (Fsp3) is 0.400. The van der Waals surface area contributed by atoms with Crippen LogP contribution in [0.15, 0.2) is 24.3 Å². The van der Waals surface area contributed by atoms with Gasteiger partial charge >= 0.3 is 0 Å². The summed E-state index contributed by atoms with van der Waals surface area (Å²) < 4.78 is 25.9. The lowest BCUT2D eigenvalue weighted by Gasteiger charge is -2.31. The molecular formula is C20H24N4O3S. The molecule has 2 aliphatic heterocycles. The fourth-order valence-electron chi connectivity index (χ4n) is 3.51. The van der Waals surface area contributed by atoms with Crippen molar-refractivity contribution in [1.29, 1.82) is 0 Å². The van der Waals surface area contributed by atoms with Crippen LogP contribution in [0.3, 0.4) is 0 Å². The van der Waals surface area contributed by atoms with Gasteiger partial charge in [0.25, 0.3) is 0 Å². The van der Waals surface area contributed by atoms with E-state index in [-0.39, 0.29) is 11.5 Å². The summed E-state index contributed by atoms with van der Waals surface area (Å²) in [6.45, 7) is 3.71. The Balaban J connectivity index is 1.72. The number of hydrogen-bond acceptors (Lipinski definition) is 7. The van der Waals surface area contributed by atoms with E-state index >= 15 is 0 Å². The maximum absolute atomic E-state index is 10.3. The van der Waals surface area contributed by atoms with Crippen molar-refractivity contribution in [2.75, 3.05) is 48.8 Å². The summed E-state index contributed by atoms with van der Waals surface area (Å²) in [5, 5.41) is 3.35. The van der Waals surface area contributed by atoms with Gasteiger partial charge < -0.3 is 15.0 Å². The molecule has 0 amide bonds. The van der Waals surface area contributed by atoms with Gasteiger partial charge in [0.1, 0.15) is 5.82 Å². The lowest BCUT2D eigenvalue weighted by molar-refractivity contribution is 0.122. The molecule has 2 aliphatic rings. The smallest absolute Gasteiger partial charge is 0.161 e. The molecule has 8 heteroatoms. The molecule has 4 rings (SSSR count). The van der Waals surface area contributed by atoms with Gasteiger partial charge in [0.05, 0.1) is 30.4 Å². The van der Waals surface area contributed by atoms with E-state index in [2.05, 4.69) is 27.2 Å². The number of anilines is 2. The minimum atomic E-state index is -2.92. The maximum Gasteiger partial charge on any atom is 0.161 e. The molecule has 1 saturated heterocycles. The summed E-state index contributed by atoms with van der Waals surface area (Å²) in [6, 6.07) is 7.98. The first-order chi connectivity index (χ1) is 13.5.